The Hall–Kier alpha value is -3.18. The second-order valence-electron chi connectivity index (χ2n) is 6.69. The second kappa shape index (κ2) is 8.45. The van der Waals surface area contributed by atoms with Gasteiger partial charge in [0.25, 0.3) is 5.91 Å². The number of carbonyl (C=O) groups is 1. The molecule has 144 valence electrons. The van der Waals surface area contributed by atoms with E-state index in [0.29, 0.717) is 22.8 Å². The predicted octanol–water partition coefficient (Wildman–Crippen LogP) is 6.26. The van der Waals surface area contributed by atoms with E-state index >= 15 is 0 Å². The Bertz CT molecular complexity index is 1140. The Morgan fingerprint density at radius 3 is 2.55 bits per heavy atom. The molecule has 1 atom stereocenters. The third-order valence-corrected chi connectivity index (χ3v) is 5.16. The summed E-state index contributed by atoms with van der Waals surface area (Å²) in [5.74, 6) is 0.895. The lowest BCUT2D eigenvalue weighted by molar-refractivity contribution is 0.0940. The van der Waals surface area contributed by atoms with Crippen molar-refractivity contribution in [1.29, 1.82) is 0 Å². The normalized spacial score (nSPS) is 11.8. The van der Waals surface area contributed by atoms with Crippen molar-refractivity contribution < 1.29 is 9.21 Å². The van der Waals surface area contributed by atoms with Crippen molar-refractivity contribution in [1.82, 2.24) is 10.3 Å². The molecule has 1 amide bonds. The van der Waals surface area contributed by atoms with Crippen LogP contribution in [0.2, 0.25) is 0 Å². The first-order valence-corrected chi connectivity index (χ1v) is 10.1. The third-order valence-electron chi connectivity index (χ3n) is 4.66. The molecule has 0 saturated carbocycles. The van der Waals surface area contributed by atoms with Crippen molar-refractivity contribution >= 4 is 21.8 Å². The number of aromatic nitrogens is 1. The van der Waals surface area contributed by atoms with Crippen molar-refractivity contribution in [2.24, 2.45) is 0 Å². The molecule has 3 aromatic carbocycles. The lowest BCUT2D eigenvalue weighted by atomic mass is 10.0. The van der Waals surface area contributed by atoms with Gasteiger partial charge in [-0.2, -0.15) is 0 Å². The Morgan fingerprint density at radius 1 is 1.00 bits per heavy atom. The van der Waals surface area contributed by atoms with E-state index in [1.807, 2.05) is 79.7 Å². The third kappa shape index (κ3) is 4.30. The highest BCUT2D eigenvalue weighted by molar-refractivity contribution is 9.10. The first-order chi connectivity index (χ1) is 14.1. The Labute approximate surface area is 177 Å². The van der Waals surface area contributed by atoms with Crippen molar-refractivity contribution in [3.8, 4) is 22.8 Å². The monoisotopic (exact) mass is 446 g/mol. The number of amides is 1. The summed E-state index contributed by atoms with van der Waals surface area (Å²) in [6.45, 7) is 1.96. The molecule has 0 aliphatic carbocycles. The fraction of sp³-hybridized carbons (Fsp3) is 0.0833. The van der Waals surface area contributed by atoms with Crippen LogP contribution >= 0.6 is 15.9 Å². The highest BCUT2D eigenvalue weighted by atomic mass is 79.9. The van der Waals surface area contributed by atoms with E-state index < -0.39 is 0 Å². The molecule has 0 spiro atoms. The minimum absolute atomic E-state index is 0.112. The number of hydrogen-bond donors (Lipinski definition) is 1. The predicted molar refractivity (Wildman–Crippen MR) is 117 cm³/mol. The van der Waals surface area contributed by atoms with Gasteiger partial charge < -0.3 is 9.73 Å². The largest absolute Gasteiger partial charge is 0.436 e. The van der Waals surface area contributed by atoms with Gasteiger partial charge in [-0.15, -0.1) is 0 Å². The summed E-state index contributed by atoms with van der Waals surface area (Å²) >= 11 is 3.47. The van der Waals surface area contributed by atoms with Crippen LogP contribution in [-0.2, 0) is 0 Å². The van der Waals surface area contributed by atoms with Crippen molar-refractivity contribution in [3.63, 3.8) is 0 Å². The van der Waals surface area contributed by atoms with Crippen LogP contribution in [0.1, 0.15) is 28.9 Å². The average Bonchev–Trinajstić information content (AvgIpc) is 3.24. The summed E-state index contributed by atoms with van der Waals surface area (Å²) in [4.78, 5) is 17.4. The zero-order chi connectivity index (χ0) is 20.2. The molecule has 29 heavy (non-hydrogen) atoms. The van der Waals surface area contributed by atoms with E-state index in [0.717, 1.165) is 15.6 Å². The molecule has 1 heterocycles. The second-order valence-corrected chi connectivity index (χ2v) is 7.61. The van der Waals surface area contributed by atoms with Gasteiger partial charge in [0.1, 0.15) is 0 Å². The first kappa shape index (κ1) is 19.2. The van der Waals surface area contributed by atoms with Crippen LogP contribution in [0.15, 0.2) is 93.9 Å². The molecule has 4 aromatic rings. The molecule has 1 aromatic heterocycles. The molecule has 0 bridgehead atoms. The molecule has 0 saturated heterocycles. The van der Waals surface area contributed by atoms with Gasteiger partial charge in [0.2, 0.25) is 5.89 Å². The summed E-state index contributed by atoms with van der Waals surface area (Å²) < 4.78 is 6.94. The van der Waals surface area contributed by atoms with Gasteiger partial charge in [-0.25, -0.2) is 4.98 Å². The molecule has 0 aliphatic heterocycles. The molecule has 0 radical (unpaired) electrons. The van der Waals surface area contributed by atoms with Gasteiger partial charge in [-0.3, -0.25) is 4.79 Å². The average molecular weight is 447 g/mol. The van der Waals surface area contributed by atoms with Crippen LogP contribution in [0.25, 0.3) is 22.8 Å². The van der Waals surface area contributed by atoms with Crippen molar-refractivity contribution in [2.45, 2.75) is 13.0 Å². The summed E-state index contributed by atoms with van der Waals surface area (Å²) in [5, 5.41) is 3.05. The minimum atomic E-state index is -0.167. The molecular formula is C24H19BrN2O2. The van der Waals surface area contributed by atoms with E-state index in [9.17, 15) is 4.79 Å². The maximum absolute atomic E-state index is 13.0. The van der Waals surface area contributed by atoms with Gasteiger partial charge in [0.15, 0.2) is 5.76 Å². The van der Waals surface area contributed by atoms with Crippen LogP contribution in [0.3, 0.4) is 0 Å². The fourth-order valence-electron chi connectivity index (χ4n) is 3.14. The van der Waals surface area contributed by atoms with Crippen LogP contribution in [-0.4, -0.2) is 10.9 Å². The maximum Gasteiger partial charge on any atom is 0.252 e. The molecular weight excluding hydrogens is 428 g/mol. The Balaban J connectivity index is 1.61. The van der Waals surface area contributed by atoms with Crippen LogP contribution < -0.4 is 5.32 Å². The van der Waals surface area contributed by atoms with Crippen LogP contribution in [0, 0.1) is 0 Å². The van der Waals surface area contributed by atoms with Crippen LogP contribution in [0.5, 0.6) is 0 Å². The number of halogens is 1. The molecule has 0 unspecified atom stereocenters. The summed E-state index contributed by atoms with van der Waals surface area (Å²) in [6, 6.07) is 24.9. The lowest BCUT2D eigenvalue weighted by Gasteiger charge is -2.15. The standard InChI is InChI=1S/C24H19BrN2O2/c1-16(17-8-3-2-4-9-17)27-23(28)20-12-5-6-13-21(20)24-26-15-22(29-24)18-10-7-11-19(25)14-18/h2-16H,1H3,(H,27,28)/t16-/m1/s1. The topological polar surface area (TPSA) is 55.1 Å². The SMILES string of the molecule is C[C@@H](NC(=O)c1ccccc1-c1ncc(-c2cccc(Br)c2)o1)c1ccccc1. The summed E-state index contributed by atoms with van der Waals surface area (Å²) in [6.07, 6.45) is 1.68. The highest BCUT2D eigenvalue weighted by Crippen LogP contribution is 2.29. The molecule has 0 aliphatic rings. The first-order valence-electron chi connectivity index (χ1n) is 9.29. The van der Waals surface area contributed by atoms with Gasteiger partial charge in [-0.1, -0.05) is 70.5 Å². The smallest absolute Gasteiger partial charge is 0.252 e. The Morgan fingerprint density at radius 2 is 1.76 bits per heavy atom. The van der Waals surface area contributed by atoms with E-state index in [1.54, 1.807) is 12.3 Å². The van der Waals surface area contributed by atoms with Crippen molar-refractivity contribution in [2.75, 3.05) is 0 Å². The van der Waals surface area contributed by atoms with E-state index in [1.165, 1.54) is 0 Å². The van der Waals surface area contributed by atoms with Gasteiger partial charge in [-0.05, 0) is 36.8 Å². The van der Waals surface area contributed by atoms with Crippen LogP contribution in [0.4, 0.5) is 0 Å². The Kier molecular flexibility index (Phi) is 5.58. The number of carbonyl (C=O) groups excluding carboxylic acids is 1. The zero-order valence-corrected chi connectivity index (χ0v) is 17.4. The van der Waals surface area contributed by atoms with E-state index in [4.69, 9.17) is 4.42 Å². The lowest BCUT2D eigenvalue weighted by Crippen LogP contribution is -2.27. The summed E-state index contributed by atoms with van der Waals surface area (Å²) in [5.41, 5.74) is 3.15. The summed E-state index contributed by atoms with van der Waals surface area (Å²) in [7, 11) is 0. The molecule has 1 N–H and O–H groups in total. The quantitative estimate of drug-likeness (QED) is 0.393. The number of nitrogens with one attached hydrogen (secondary N) is 1. The van der Waals surface area contributed by atoms with Gasteiger partial charge in [0, 0.05) is 15.6 Å². The van der Waals surface area contributed by atoms with E-state index in [-0.39, 0.29) is 11.9 Å². The molecule has 5 heteroatoms. The van der Waals surface area contributed by atoms with Gasteiger partial charge >= 0.3 is 0 Å². The minimum Gasteiger partial charge on any atom is -0.436 e. The molecule has 4 rings (SSSR count). The van der Waals surface area contributed by atoms with Crippen molar-refractivity contribution in [3.05, 3.63) is 101 Å². The van der Waals surface area contributed by atoms with Gasteiger partial charge in [0.05, 0.1) is 17.8 Å². The molecule has 0 fully saturated rings. The highest BCUT2D eigenvalue weighted by Gasteiger charge is 2.18. The number of oxazole rings is 1. The number of rotatable bonds is 5. The zero-order valence-electron chi connectivity index (χ0n) is 15.8. The number of benzene rings is 3. The molecule has 4 nitrogen and oxygen atoms in total. The fourth-order valence-corrected chi connectivity index (χ4v) is 3.54. The number of hydrogen-bond acceptors (Lipinski definition) is 3. The maximum atomic E-state index is 13.0. The van der Waals surface area contributed by atoms with E-state index in [2.05, 4.69) is 26.2 Å². The number of nitrogens with zero attached hydrogens (tertiary/aromatic N) is 1.